The molecule has 2 amide bonds. The Morgan fingerprint density at radius 2 is 1.60 bits per heavy atom. The van der Waals surface area contributed by atoms with E-state index < -0.39 is 11.9 Å². The first kappa shape index (κ1) is 12.0. The summed E-state index contributed by atoms with van der Waals surface area (Å²) in [5.74, 6) is -0.609. The first-order valence-corrected chi connectivity index (χ1v) is 5.22. The molecule has 0 saturated heterocycles. The van der Waals surface area contributed by atoms with E-state index in [0.717, 1.165) is 0 Å². The number of carbonyl (C=O) groups is 2. The highest BCUT2D eigenvalue weighted by Crippen LogP contribution is 2.68. The lowest BCUT2D eigenvalue weighted by Gasteiger charge is -2.10. The van der Waals surface area contributed by atoms with Crippen molar-refractivity contribution in [1.82, 2.24) is 5.32 Å². The third-order valence-electron chi connectivity index (χ3n) is 4.07. The lowest BCUT2D eigenvalue weighted by atomic mass is 10.0. The number of carbonyl (C=O) groups excluding carboxylic acids is 2. The maximum Gasteiger partial charge on any atom is 0.239 e. The van der Waals surface area contributed by atoms with Gasteiger partial charge in [0.05, 0.1) is 0 Å². The van der Waals surface area contributed by atoms with Gasteiger partial charge in [-0.3, -0.25) is 9.59 Å². The van der Waals surface area contributed by atoms with Gasteiger partial charge in [0.2, 0.25) is 11.8 Å². The van der Waals surface area contributed by atoms with Gasteiger partial charge >= 0.3 is 0 Å². The van der Waals surface area contributed by atoms with Gasteiger partial charge < -0.3 is 11.1 Å². The molecule has 4 nitrogen and oxygen atoms in total. The van der Waals surface area contributed by atoms with E-state index in [0.29, 0.717) is 0 Å². The highest BCUT2D eigenvalue weighted by atomic mass is 16.2. The largest absolute Gasteiger partial charge is 0.368 e. The van der Waals surface area contributed by atoms with Gasteiger partial charge in [-0.1, -0.05) is 27.7 Å². The quantitative estimate of drug-likeness (QED) is 0.721. The van der Waals surface area contributed by atoms with Crippen LogP contribution in [0.1, 0.15) is 34.6 Å². The molecule has 0 heterocycles. The Bertz CT molecular complexity index is 294. The standard InChI is InChI=1S/C11H20N2O2/c1-6(8(12)14)13-9(15)7-10(2,3)11(7,4)5/h6-7H,1-5H3,(H2,12,14)(H,13,15)/t6-/m0/s1. The first-order valence-electron chi connectivity index (χ1n) is 5.22. The Balaban J connectivity index is 2.63. The number of hydrogen-bond donors (Lipinski definition) is 2. The van der Waals surface area contributed by atoms with Crippen molar-refractivity contribution in [3.05, 3.63) is 0 Å². The predicted octanol–water partition coefficient (Wildman–Crippen LogP) is 0.659. The van der Waals surface area contributed by atoms with Crippen LogP contribution in [0.3, 0.4) is 0 Å². The van der Waals surface area contributed by atoms with Crippen LogP contribution in [-0.2, 0) is 9.59 Å². The van der Waals surface area contributed by atoms with Crippen LogP contribution in [0.15, 0.2) is 0 Å². The molecule has 0 aromatic carbocycles. The molecule has 15 heavy (non-hydrogen) atoms. The maximum absolute atomic E-state index is 11.8. The van der Waals surface area contributed by atoms with Gasteiger partial charge in [-0.25, -0.2) is 0 Å². The second kappa shape index (κ2) is 3.22. The van der Waals surface area contributed by atoms with Gasteiger partial charge in [-0.2, -0.15) is 0 Å². The number of primary amides is 1. The van der Waals surface area contributed by atoms with Crippen molar-refractivity contribution in [2.75, 3.05) is 0 Å². The van der Waals surface area contributed by atoms with Gasteiger partial charge in [0.1, 0.15) is 6.04 Å². The minimum absolute atomic E-state index is 0.00551. The summed E-state index contributed by atoms with van der Waals surface area (Å²) in [4.78, 5) is 22.6. The van der Waals surface area contributed by atoms with E-state index >= 15 is 0 Å². The minimum atomic E-state index is -0.593. The summed E-state index contributed by atoms with van der Waals surface area (Å²) in [6, 6.07) is -0.593. The summed E-state index contributed by atoms with van der Waals surface area (Å²) in [6.07, 6.45) is 0. The molecule has 1 atom stereocenters. The molecule has 86 valence electrons. The van der Waals surface area contributed by atoms with Crippen LogP contribution in [0.4, 0.5) is 0 Å². The summed E-state index contributed by atoms with van der Waals surface area (Å²) in [6.45, 7) is 9.85. The molecule has 0 aliphatic heterocycles. The second-order valence-corrected chi connectivity index (χ2v) is 5.51. The molecule has 1 aliphatic rings. The Kier molecular flexibility index (Phi) is 2.58. The van der Waals surface area contributed by atoms with Crippen molar-refractivity contribution >= 4 is 11.8 Å². The lowest BCUT2D eigenvalue weighted by Crippen LogP contribution is -2.43. The summed E-state index contributed by atoms with van der Waals surface area (Å²) < 4.78 is 0. The van der Waals surface area contributed by atoms with Crippen molar-refractivity contribution in [2.24, 2.45) is 22.5 Å². The topological polar surface area (TPSA) is 72.2 Å². The first-order chi connectivity index (χ1) is 6.62. The molecule has 0 bridgehead atoms. The van der Waals surface area contributed by atoms with E-state index in [2.05, 4.69) is 33.0 Å². The van der Waals surface area contributed by atoms with E-state index in [4.69, 9.17) is 5.73 Å². The van der Waals surface area contributed by atoms with Crippen LogP contribution in [0.2, 0.25) is 0 Å². The van der Waals surface area contributed by atoms with Gasteiger partial charge in [0, 0.05) is 5.92 Å². The van der Waals surface area contributed by atoms with Crippen LogP contribution in [0.5, 0.6) is 0 Å². The molecular formula is C11H20N2O2. The van der Waals surface area contributed by atoms with Crippen LogP contribution in [0, 0.1) is 16.7 Å². The second-order valence-electron chi connectivity index (χ2n) is 5.51. The zero-order valence-electron chi connectivity index (χ0n) is 10.0. The molecule has 4 heteroatoms. The fourth-order valence-electron chi connectivity index (χ4n) is 2.22. The lowest BCUT2D eigenvalue weighted by molar-refractivity contribution is -0.128. The average Bonchev–Trinajstić information content (AvgIpc) is 2.41. The predicted molar refractivity (Wildman–Crippen MR) is 57.9 cm³/mol. The average molecular weight is 212 g/mol. The SMILES string of the molecule is C[C@H](NC(=O)C1C(C)(C)C1(C)C)C(N)=O. The van der Waals surface area contributed by atoms with Crippen molar-refractivity contribution in [3.8, 4) is 0 Å². The normalized spacial score (nSPS) is 24.3. The summed E-state index contributed by atoms with van der Waals surface area (Å²) in [5.41, 5.74) is 5.08. The fraction of sp³-hybridized carbons (Fsp3) is 0.818. The third-order valence-corrected chi connectivity index (χ3v) is 4.07. The number of hydrogen-bond acceptors (Lipinski definition) is 2. The van der Waals surface area contributed by atoms with Crippen molar-refractivity contribution in [2.45, 2.75) is 40.7 Å². The van der Waals surface area contributed by atoms with Crippen LogP contribution >= 0.6 is 0 Å². The molecular weight excluding hydrogens is 192 g/mol. The van der Waals surface area contributed by atoms with E-state index in [1.165, 1.54) is 0 Å². The van der Waals surface area contributed by atoms with Gasteiger partial charge in [0.15, 0.2) is 0 Å². The van der Waals surface area contributed by atoms with E-state index in [-0.39, 0.29) is 22.7 Å². The summed E-state index contributed by atoms with van der Waals surface area (Å²) in [5, 5.41) is 2.64. The molecule has 0 spiro atoms. The Morgan fingerprint density at radius 3 is 1.87 bits per heavy atom. The highest BCUT2D eigenvalue weighted by Gasteiger charge is 2.68. The van der Waals surface area contributed by atoms with Gasteiger partial charge in [0.25, 0.3) is 0 Å². The summed E-state index contributed by atoms with van der Waals surface area (Å²) >= 11 is 0. The Morgan fingerprint density at radius 1 is 1.20 bits per heavy atom. The molecule has 1 rings (SSSR count). The fourth-order valence-corrected chi connectivity index (χ4v) is 2.22. The zero-order valence-corrected chi connectivity index (χ0v) is 10.0. The van der Waals surface area contributed by atoms with E-state index in [9.17, 15) is 9.59 Å². The van der Waals surface area contributed by atoms with Crippen LogP contribution < -0.4 is 11.1 Å². The molecule has 0 unspecified atom stereocenters. The number of rotatable bonds is 3. The number of nitrogens with one attached hydrogen (secondary N) is 1. The van der Waals surface area contributed by atoms with Crippen molar-refractivity contribution in [1.29, 1.82) is 0 Å². The number of amides is 2. The van der Waals surface area contributed by atoms with E-state index in [1.807, 2.05) is 0 Å². The third kappa shape index (κ3) is 1.73. The molecule has 3 N–H and O–H groups in total. The molecule has 0 radical (unpaired) electrons. The molecule has 0 aromatic rings. The molecule has 0 aromatic heterocycles. The monoisotopic (exact) mass is 212 g/mol. The molecule has 1 fully saturated rings. The van der Waals surface area contributed by atoms with E-state index in [1.54, 1.807) is 6.92 Å². The van der Waals surface area contributed by atoms with Crippen LogP contribution in [0.25, 0.3) is 0 Å². The number of nitrogens with two attached hydrogens (primary N) is 1. The smallest absolute Gasteiger partial charge is 0.239 e. The highest BCUT2D eigenvalue weighted by molar-refractivity contribution is 5.89. The van der Waals surface area contributed by atoms with Crippen molar-refractivity contribution < 1.29 is 9.59 Å². The Hall–Kier alpha value is -1.06. The summed E-state index contributed by atoms with van der Waals surface area (Å²) in [7, 11) is 0. The maximum atomic E-state index is 11.8. The van der Waals surface area contributed by atoms with Crippen molar-refractivity contribution in [3.63, 3.8) is 0 Å². The van der Waals surface area contributed by atoms with Crippen LogP contribution in [-0.4, -0.2) is 17.9 Å². The van der Waals surface area contributed by atoms with Gasteiger partial charge in [-0.15, -0.1) is 0 Å². The minimum Gasteiger partial charge on any atom is -0.368 e. The zero-order chi connectivity index (χ0) is 12.0. The Labute approximate surface area is 90.6 Å². The van der Waals surface area contributed by atoms with Gasteiger partial charge in [-0.05, 0) is 17.8 Å². The molecule has 1 aliphatic carbocycles. The molecule has 1 saturated carbocycles.